The van der Waals surface area contributed by atoms with Gasteiger partial charge in [-0.2, -0.15) is 0 Å². The molecule has 0 fully saturated rings. The van der Waals surface area contributed by atoms with E-state index in [0.717, 1.165) is 17.5 Å². The monoisotopic (exact) mass is 505 g/mol. The first-order chi connectivity index (χ1) is 17.5. The molecule has 3 aromatic carbocycles. The zero-order valence-corrected chi connectivity index (χ0v) is 20.4. The predicted molar refractivity (Wildman–Crippen MR) is 136 cm³/mol. The Morgan fingerprint density at radius 2 is 1.89 bits per heavy atom. The SMILES string of the molecule is CCCOC(=O)c1ccc(Oc2coc3c4c(ccc3c2=O)OCN(Cc2ccccc2Cl)C4)cc1. The molecule has 0 N–H and O–H groups in total. The van der Waals surface area contributed by atoms with Gasteiger partial charge in [-0.1, -0.05) is 36.7 Å². The highest BCUT2D eigenvalue weighted by atomic mass is 35.5. The minimum atomic E-state index is -0.399. The van der Waals surface area contributed by atoms with Crippen molar-refractivity contribution in [2.45, 2.75) is 26.4 Å². The highest BCUT2D eigenvalue weighted by Gasteiger charge is 2.23. The Labute approximate surface area is 212 Å². The van der Waals surface area contributed by atoms with E-state index in [1.807, 2.05) is 31.2 Å². The van der Waals surface area contributed by atoms with Gasteiger partial charge < -0.3 is 18.6 Å². The smallest absolute Gasteiger partial charge is 0.338 e. The Balaban J connectivity index is 1.37. The Morgan fingerprint density at radius 1 is 1.08 bits per heavy atom. The average molecular weight is 506 g/mol. The Morgan fingerprint density at radius 3 is 2.67 bits per heavy atom. The molecule has 1 aliphatic heterocycles. The molecule has 0 radical (unpaired) electrons. The average Bonchev–Trinajstić information content (AvgIpc) is 2.90. The van der Waals surface area contributed by atoms with Gasteiger partial charge in [0.1, 0.15) is 30.1 Å². The number of carbonyl (C=O) groups is 1. The summed E-state index contributed by atoms with van der Waals surface area (Å²) in [7, 11) is 0. The van der Waals surface area contributed by atoms with Gasteiger partial charge in [-0.15, -0.1) is 0 Å². The summed E-state index contributed by atoms with van der Waals surface area (Å²) in [4.78, 5) is 27.3. The van der Waals surface area contributed by atoms with Crippen LogP contribution in [0.2, 0.25) is 5.02 Å². The van der Waals surface area contributed by atoms with Crippen LogP contribution in [-0.2, 0) is 17.8 Å². The van der Waals surface area contributed by atoms with Gasteiger partial charge in [0, 0.05) is 18.1 Å². The van der Waals surface area contributed by atoms with Gasteiger partial charge in [0.2, 0.25) is 11.2 Å². The molecule has 0 atom stereocenters. The first kappa shape index (κ1) is 23.9. The quantitative estimate of drug-likeness (QED) is 0.278. The summed E-state index contributed by atoms with van der Waals surface area (Å²) >= 11 is 6.32. The number of hydrogen-bond acceptors (Lipinski definition) is 7. The van der Waals surface area contributed by atoms with Gasteiger partial charge in [-0.05, 0) is 54.4 Å². The van der Waals surface area contributed by atoms with Gasteiger partial charge in [-0.25, -0.2) is 4.79 Å². The minimum Gasteiger partial charge on any atom is -0.478 e. The third kappa shape index (κ3) is 4.94. The number of carbonyl (C=O) groups excluding carboxylic acids is 1. The summed E-state index contributed by atoms with van der Waals surface area (Å²) in [5.41, 5.74) is 2.36. The number of rotatable bonds is 7. The van der Waals surface area contributed by atoms with Crippen LogP contribution in [-0.4, -0.2) is 24.2 Å². The van der Waals surface area contributed by atoms with Crippen molar-refractivity contribution in [3.8, 4) is 17.2 Å². The summed E-state index contributed by atoms with van der Waals surface area (Å²) in [6, 6.07) is 17.6. The topological polar surface area (TPSA) is 78.2 Å². The highest BCUT2D eigenvalue weighted by Crippen LogP contribution is 2.33. The fourth-order valence-electron chi connectivity index (χ4n) is 4.04. The predicted octanol–water partition coefficient (Wildman–Crippen LogP) is 6.16. The van der Waals surface area contributed by atoms with Crippen LogP contribution >= 0.6 is 11.6 Å². The molecule has 0 amide bonds. The largest absolute Gasteiger partial charge is 0.478 e. The molecule has 1 aromatic heterocycles. The highest BCUT2D eigenvalue weighted by molar-refractivity contribution is 6.31. The third-order valence-electron chi connectivity index (χ3n) is 5.86. The molecule has 0 bridgehead atoms. The van der Waals surface area contributed by atoms with E-state index in [2.05, 4.69) is 4.90 Å². The maximum Gasteiger partial charge on any atom is 0.338 e. The molecular weight excluding hydrogens is 482 g/mol. The van der Waals surface area contributed by atoms with E-state index in [9.17, 15) is 9.59 Å². The van der Waals surface area contributed by atoms with E-state index in [1.165, 1.54) is 6.26 Å². The Kier molecular flexibility index (Phi) is 6.93. The maximum atomic E-state index is 13.2. The standard InChI is InChI=1S/C28H24ClNO6/c1-2-13-33-28(32)18-7-9-20(10-8-18)36-25-16-34-27-21(26(25)31)11-12-24-22(27)15-30(17-35-24)14-19-5-3-4-6-23(19)29/h3-12,16H,2,13-15,17H2,1H3. The fourth-order valence-corrected chi connectivity index (χ4v) is 4.24. The van der Waals surface area contributed by atoms with E-state index >= 15 is 0 Å². The van der Waals surface area contributed by atoms with Crippen molar-refractivity contribution in [2.75, 3.05) is 13.3 Å². The number of hydrogen-bond donors (Lipinski definition) is 0. The number of benzene rings is 3. The van der Waals surface area contributed by atoms with Gasteiger partial charge in [0.25, 0.3) is 0 Å². The summed E-state index contributed by atoms with van der Waals surface area (Å²) in [6.45, 7) is 3.83. The molecule has 2 heterocycles. The maximum absolute atomic E-state index is 13.2. The lowest BCUT2D eigenvalue weighted by Crippen LogP contribution is -2.31. The third-order valence-corrected chi connectivity index (χ3v) is 6.23. The summed E-state index contributed by atoms with van der Waals surface area (Å²) in [5, 5.41) is 1.09. The van der Waals surface area contributed by atoms with Gasteiger partial charge >= 0.3 is 5.97 Å². The lowest BCUT2D eigenvalue weighted by Gasteiger charge is -2.29. The molecule has 4 aromatic rings. The van der Waals surface area contributed by atoms with Gasteiger partial charge in [0.05, 0.1) is 23.1 Å². The Hall–Kier alpha value is -3.81. The van der Waals surface area contributed by atoms with Crippen LogP contribution in [0.3, 0.4) is 0 Å². The molecule has 1 aliphatic rings. The molecule has 0 saturated carbocycles. The van der Waals surface area contributed by atoms with E-state index in [4.69, 9.17) is 30.2 Å². The van der Waals surface area contributed by atoms with E-state index < -0.39 is 5.97 Å². The number of nitrogens with zero attached hydrogens (tertiary/aromatic N) is 1. The Bertz CT molecular complexity index is 1460. The minimum absolute atomic E-state index is 0.0495. The summed E-state index contributed by atoms with van der Waals surface area (Å²) in [5.74, 6) is 0.735. The number of halogens is 1. The van der Waals surface area contributed by atoms with Crippen molar-refractivity contribution in [2.24, 2.45) is 0 Å². The molecule has 7 nitrogen and oxygen atoms in total. The van der Waals surface area contributed by atoms with Crippen molar-refractivity contribution in [3.63, 3.8) is 0 Å². The second-order valence-electron chi connectivity index (χ2n) is 8.46. The zero-order valence-electron chi connectivity index (χ0n) is 19.7. The molecule has 0 aliphatic carbocycles. The molecule has 0 saturated heterocycles. The van der Waals surface area contributed by atoms with Crippen molar-refractivity contribution in [3.05, 3.63) is 98.9 Å². The van der Waals surface area contributed by atoms with Crippen LogP contribution in [0.1, 0.15) is 34.8 Å². The first-order valence-corrected chi connectivity index (χ1v) is 12.0. The zero-order chi connectivity index (χ0) is 25.1. The number of ether oxygens (including phenoxy) is 3. The molecule has 184 valence electrons. The normalized spacial score (nSPS) is 13.2. The molecule has 5 rings (SSSR count). The fraction of sp³-hybridized carbons (Fsp3) is 0.214. The van der Waals surface area contributed by atoms with Gasteiger partial charge in [-0.3, -0.25) is 9.69 Å². The van der Waals surface area contributed by atoms with Crippen LogP contribution in [0, 0.1) is 0 Å². The van der Waals surface area contributed by atoms with E-state index in [-0.39, 0.29) is 11.2 Å². The molecular formula is C28H24ClNO6. The molecule has 36 heavy (non-hydrogen) atoms. The number of fused-ring (bicyclic) bond motifs is 3. The first-order valence-electron chi connectivity index (χ1n) is 11.6. The molecule has 8 heteroatoms. The molecule has 0 spiro atoms. The van der Waals surface area contributed by atoms with Crippen molar-refractivity contribution in [1.82, 2.24) is 4.90 Å². The lowest BCUT2D eigenvalue weighted by atomic mass is 10.1. The van der Waals surface area contributed by atoms with Crippen LogP contribution in [0.5, 0.6) is 17.2 Å². The van der Waals surface area contributed by atoms with E-state index in [1.54, 1.807) is 36.4 Å². The van der Waals surface area contributed by atoms with Crippen LogP contribution in [0.4, 0.5) is 0 Å². The van der Waals surface area contributed by atoms with E-state index in [0.29, 0.717) is 59.5 Å². The summed E-state index contributed by atoms with van der Waals surface area (Å²) in [6.07, 6.45) is 2.06. The van der Waals surface area contributed by atoms with Crippen molar-refractivity contribution < 1.29 is 23.4 Å². The van der Waals surface area contributed by atoms with Gasteiger partial charge in [0.15, 0.2) is 0 Å². The van der Waals surface area contributed by atoms with Crippen LogP contribution < -0.4 is 14.9 Å². The number of esters is 1. The van der Waals surface area contributed by atoms with Crippen molar-refractivity contribution >= 4 is 28.5 Å². The summed E-state index contributed by atoms with van der Waals surface area (Å²) < 4.78 is 22.7. The second-order valence-corrected chi connectivity index (χ2v) is 8.87. The van der Waals surface area contributed by atoms with Crippen molar-refractivity contribution in [1.29, 1.82) is 0 Å². The van der Waals surface area contributed by atoms with Crippen LogP contribution in [0.25, 0.3) is 11.0 Å². The van der Waals surface area contributed by atoms with Crippen LogP contribution in [0.15, 0.2) is 76.1 Å². The lowest BCUT2D eigenvalue weighted by molar-refractivity contribution is 0.0505. The molecule has 0 unspecified atom stereocenters. The second kappa shape index (κ2) is 10.4.